The van der Waals surface area contributed by atoms with Gasteiger partial charge in [0.15, 0.2) is 11.6 Å². The Morgan fingerprint density at radius 2 is 1.85 bits per heavy atom. The van der Waals surface area contributed by atoms with E-state index in [4.69, 9.17) is 11.0 Å². The van der Waals surface area contributed by atoms with Gasteiger partial charge in [-0.25, -0.2) is 13.5 Å². The molecular weight excluding hydrogens is 262 g/mol. The predicted molar refractivity (Wildman–Crippen MR) is 71.4 cm³/mol. The number of benzene rings is 1. The summed E-state index contributed by atoms with van der Waals surface area (Å²) in [6, 6.07) is 3.68. The molecule has 2 aromatic rings. The van der Waals surface area contributed by atoms with Gasteiger partial charge in [-0.15, -0.1) is 0 Å². The van der Waals surface area contributed by atoms with Crippen LogP contribution >= 0.6 is 0 Å². The Bertz CT molecular complexity index is 675. The summed E-state index contributed by atoms with van der Waals surface area (Å²) in [4.78, 5) is 0. The van der Waals surface area contributed by atoms with Crippen LogP contribution in [0.15, 0.2) is 12.1 Å². The standard InChI is InChI=1S/C14H14F2N4/c1-3-11-13(18)12(4-2)20(19-11)14-9(15)5-8(7-17)6-10(14)16/h5-6H,3-4,18H2,1-2H3. The molecule has 0 amide bonds. The summed E-state index contributed by atoms with van der Waals surface area (Å²) in [5, 5.41) is 12.9. The van der Waals surface area contributed by atoms with Crippen LogP contribution in [0.25, 0.3) is 5.69 Å². The lowest BCUT2D eigenvalue weighted by Crippen LogP contribution is -2.08. The van der Waals surface area contributed by atoms with Crippen molar-refractivity contribution in [3.63, 3.8) is 0 Å². The maximum absolute atomic E-state index is 14.1. The summed E-state index contributed by atoms with van der Waals surface area (Å²) in [6.07, 6.45) is 1.07. The number of hydrogen-bond acceptors (Lipinski definition) is 3. The van der Waals surface area contributed by atoms with Gasteiger partial charge >= 0.3 is 0 Å². The molecule has 0 aliphatic rings. The number of halogens is 2. The van der Waals surface area contributed by atoms with Gasteiger partial charge in [0.05, 0.1) is 28.7 Å². The highest BCUT2D eigenvalue weighted by molar-refractivity contribution is 5.53. The molecule has 0 saturated heterocycles. The largest absolute Gasteiger partial charge is 0.396 e. The summed E-state index contributed by atoms with van der Waals surface area (Å²) in [5.41, 5.74) is 7.19. The van der Waals surface area contributed by atoms with E-state index in [1.54, 1.807) is 6.07 Å². The van der Waals surface area contributed by atoms with Crippen molar-refractivity contribution in [1.29, 1.82) is 5.26 Å². The molecule has 0 atom stereocenters. The third kappa shape index (κ3) is 2.11. The van der Waals surface area contributed by atoms with E-state index in [9.17, 15) is 8.78 Å². The van der Waals surface area contributed by atoms with E-state index in [0.29, 0.717) is 29.9 Å². The maximum Gasteiger partial charge on any atom is 0.153 e. The zero-order chi connectivity index (χ0) is 14.9. The maximum atomic E-state index is 14.1. The molecule has 2 N–H and O–H groups in total. The number of aromatic nitrogens is 2. The summed E-state index contributed by atoms with van der Waals surface area (Å²) >= 11 is 0. The third-order valence-corrected chi connectivity index (χ3v) is 3.13. The number of anilines is 1. The molecule has 20 heavy (non-hydrogen) atoms. The molecule has 4 nitrogen and oxygen atoms in total. The van der Waals surface area contributed by atoms with Crippen LogP contribution in [0, 0.1) is 23.0 Å². The molecule has 0 fully saturated rings. The first-order valence-corrected chi connectivity index (χ1v) is 6.29. The van der Waals surface area contributed by atoms with E-state index in [1.165, 1.54) is 4.68 Å². The Morgan fingerprint density at radius 1 is 1.25 bits per heavy atom. The van der Waals surface area contributed by atoms with E-state index >= 15 is 0 Å². The van der Waals surface area contributed by atoms with E-state index in [0.717, 1.165) is 12.1 Å². The highest BCUT2D eigenvalue weighted by Gasteiger charge is 2.20. The molecule has 1 aromatic carbocycles. The van der Waals surface area contributed by atoms with Gasteiger partial charge in [-0.1, -0.05) is 13.8 Å². The lowest BCUT2D eigenvalue weighted by atomic mass is 10.2. The quantitative estimate of drug-likeness (QED) is 0.937. The zero-order valence-electron chi connectivity index (χ0n) is 11.2. The van der Waals surface area contributed by atoms with Gasteiger partial charge in [0.2, 0.25) is 0 Å². The molecule has 6 heteroatoms. The van der Waals surface area contributed by atoms with Gasteiger partial charge in [-0.05, 0) is 25.0 Å². The molecule has 104 valence electrons. The minimum Gasteiger partial charge on any atom is -0.396 e. The molecule has 0 spiro atoms. The fourth-order valence-corrected chi connectivity index (χ4v) is 2.13. The summed E-state index contributed by atoms with van der Waals surface area (Å²) in [7, 11) is 0. The van der Waals surface area contributed by atoms with Crippen LogP contribution in [0.3, 0.4) is 0 Å². The normalized spacial score (nSPS) is 10.6. The monoisotopic (exact) mass is 276 g/mol. The van der Waals surface area contributed by atoms with Crippen molar-refractivity contribution in [2.45, 2.75) is 26.7 Å². The molecule has 1 heterocycles. The van der Waals surface area contributed by atoms with Crippen molar-refractivity contribution < 1.29 is 8.78 Å². The van der Waals surface area contributed by atoms with E-state index in [-0.39, 0.29) is 11.3 Å². The minimum atomic E-state index is -0.832. The van der Waals surface area contributed by atoms with Crippen LogP contribution < -0.4 is 5.73 Å². The number of nitrogens with two attached hydrogens (primary N) is 1. The van der Waals surface area contributed by atoms with Crippen LogP contribution in [0.5, 0.6) is 0 Å². The SMILES string of the molecule is CCc1nn(-c2c(F)cc(C#N)cc2F)c(CC)c1N. The lowest BCUT2D eigenvalue weighted by Gasteiger charge is -2.09. The van der Waals surface area contributed by atoms with Crippen LogP contribution in [0.2, 0.25) is 0 Å². The molecule has 0 aliphatic heterocycles. The number of nitrogen functional groups attached to an aromatic ring is 1. The van der Waals surface area contributed by atoms with Crippen molar-refractivity contribution in [1.82, 2.24) is 9.78 Å². The smallest absolute Gasteiger partial charge is 0.153 e. The average Bonchev–Trinajstić information content (AvgIpc) is 2.73. The van der Waals surface area contributed by atoms with Crippen molar-refractivity contribution >= 4 is 5.69 Å². The Balaban J connectivity index is 2.72. The van der Waals surface area contributed by atoms with Crippen LogP contribution in [-0.2, 0) is 12.8 Å². The van der Waals surface area contributed by atoms with E-state index < -0.39 is 11.6 Å². The van der Waals surface area contributed by atoms with Crippen molar-refractivity contribution in [2.24, 2.45) is 0 Å². The van der Waals surface area contributed by atoms with Gasteiger partial charge in [0.1, 0.15) is 5.69 Å². The average molecular weight is 276 g/mol. The van der Waals surface area contributed by atoms with E-state index in [1.807, 2.05) is 13.8 Å². The first-order chi connectivity index (χ1) is 9.53. The second kappa shape index (κ2) is 5.29. The van der Waals surface area contributed by atoms with Gasteiger partial charge in [-0.2, -0.15) is 10.4 Å². The molecular formula is C14H14F2N4. The lowest BCUT2D eigenvalue weighted by molar-refractivity contribution is 0.554. The van der Waals surface area contributed by atoms with Crippen LogP contribution in [0.1, 0.15) is 30.8 Å². The Labute approximate surface area is 115 Å². The third-order valence-electron chi connectivity index (χ3n) is 3.13. The molecule has 0 bridgehead atoms. The van der Waals surface area contributed by atoms with Crippen molar-refractivity contribution in [3.05, 3.63) is 40.7 Å². The van der Waals surface area contributed by atoms with Crippen LogP contribution in [0.4, 0.5) is 14.5 Å². The topological polar surface area (TPSA) is 67.6 Å². The van der Waals surface area contributed by atoms with Gasteiger partial charge in [-0.3, -0.25) is 0 Å². The number of rotatable bonds is 3. The molecule has 2 rings (SSSR count). The molecule has 1 aromatic heterocycles. The summed E-state index contributed by atoms with van der Waals surface area (Å²) in [6.45, 7) is 3.71. The fraction of sp³-hybridized carbons (Fsp3) is 0.286. The second-order valence-corrected chi connectivity index (χ2v) is 4.33. The fourth-order valence-electron chi connectivity index (χ4n) is 2.13. The Morgan fingerprint density at radius 3 is 2.30 bits per heavy atom. The Kier molecular flexibility index (Phi) is 3.70. The highest BCUT2D eigenvalue weighted by atomic mass is 19.1. The van der Waals surface area contributed by atoms with Crippen molar-refractivity contribution in [2.75, 3.05) is 5.73 Å². The number of aryl methyl sites for hydroxylation is 1. The first kappa shape index (κ1) is 14.0. The number of nitriles is 1. The van der Waals surface area contributed by atoms with Crippen molar-refractivity contribution in [3.8, 4) is 11.8 Å². The molecule has 0 aliphatic carbocycles. The number of nitrogens with zero attached hydrogens (tertiary/aromatic N) is 3. The Hall–Kier alpha value is -2.42. The zero-order valence-corrected chi connectivity index (χ0v) is 11.2. The molecule has 0 saturated carbocycles. The van der Waals surface area contributed by atoms with Gasteiger partial charge in [0, 0.05) is 0 Å². The minimum absolute atomic E-state index is 0.0716. The molecule has 0 radical (unpaired) electrons. The summed E-state index contributed by atoms with van der Waals surface area (Å²) in [5.74, 6) is -1.66. The second-order valence-electron chi connectivity index (χ2n) is 4.33. The summed E-state index contributed by atoms with van der Waals surface area (Å²) < 4.78 is 29.3. The predicted octanol–water partition coefficient (Wildman–Crippen LogP) is 2.73. The molecule has 0 unspecified atom stereocenters. The highest BCUT2D eigenvalue weighted by Crippen LogP contribution is 2.26. The number of hydrogen-bond donors (Lipinski definition) is 1. The first-order valence-electron chi connectivity index (χ1n) is 6.29. The van der Waals surface area contributed by atoms with Gasteiger partial charge in [0.25, 0.3) is 0 Å². The van der Waals surface area contributed by atoms with E-state index in [2.05, 4.69) is 5.10 Å². The van der Waals surface area contributed by atoms with Gasteiger partial charge < -0.3 is 5.73 Å². The van der Waals surface area contributed by atoms with Crippen LogP contribution in [-0.4, -0.2) is 9.78 Å².